The van der Waals surface area contributed by atoms with Crippen molar-refractivity contribution >= 4 is 54.7 Å². The number of carbonyl (C=O) groups is 1. The molecule has 3 aromatic heterocycles. The van der Waals surface area contributed by atoms with Gasteiger partial charge >= 0.3 is 0 Å². The Morgan fingerprint density at radius 2 is 1.94 bits per heavy atom. The summed E-state index contributed by atoms with van der Waals surface area (Å²) in [5.74, 6) is -0.280. The van der Waals surface area contributed by atoms with Crippen molar-refractivity contribution < 1.29 is 4.79 Å². The van der Waals surface area contributed by atoms with Gasteiger partial charge in [0.1, 0.15) is 11.4 Å². The van der Waals surface area contributed by atoms with Crippen molar-refractivity contribution in [1.29, 1.82) is 0 Å². The van der Waals surface area contributed by atoms with Gasteiger partial charge in [0.15, 0.2) is 0 Å². The largest absolute Gasteiger partial charge is 0.324 e. The number of thiophene rings is 1. The van der Waals surface area contributed by atoms with Gasteiger partial charge in [-0.2, -0.15) is 0 Å². The van der Waals surface area contributed by atoms with Gasteiger partial charge in [-0.3, -0.25) is 14.2 Å². The number of aromatic nitrogens is 3. The molecule has 2 aromatic carbocycles. The van der Waals surface area contributed by atoms with Crippen LogP contribution in [0.1, 0.15) is 16.1 Å². The maximum absolute atomic E-state index is 13.3. The molecule has 0 fully saturated rings. The number of hydrogen-bond acceptors (Lipinski definition) is 6. The third kappa shape index (κ3) is 3.72. The second kappa shape index (κ2) is 7.96. The first kappa shape index (κ1) is 20.5. The fourth-order valence-electron chi connectivity index (χ4n) is 3.87. The Labute approximate surface area is 192 Å². The fourth-order valence-corrected chi connectivity index (χ4v) is 5.63. The molecule has 1 amide bonds. The van der Waals surface area contributed by atoms with Crippen LogP contribution in [0.5, 0.6) is 0 Å². The predicted octanol–water partition coefficient (Wildman–Crippen LogP) is 5.30. The molecule has 5 rings (SSSR count). The minimum Gasteiger partial charge on any atom is -0.324 e. The van der Waals surface area contributed by atoms with Gasteiger partial charge in [0, 0.05) is 16.6 Å². The highest BCUT2D eigenvalue weighted by Gasteiger charge is 2.16. The molecule has 8 heteroatoms. The third-order valence-electron chi connectivity index (χ3n) is 5.33. The molecule has 0 unspecified atom stereocenters. The lowest BCUT2D eigenvalue weighted by molar-refractivity contribution is -0.116. The van der Waals surface area contributed by atoms with Gasteiger partial charge in [0.2, 0.25) is 5.91 Å². The number of anilines is 1. The van der Waals surface area contributed by atoms with Crippen LogP contribution in [0.25, 0.3) is 31.6 Å². The van der Waals surface area contributed by atoms with Crippen LogP contribution in [0.2, 0.25) is 0 Å². The number of amides is 1. The average Bonchev–Trinajstić information content (AvgIpc) is 3.33. The van der Waals surface area contributed by atoms with Crippen LogP contribution in [0.3, 0.4) is 0 Å². The molecular weight excluding hydrogens is 440 g/mol. The quantitative estimate of drug-likeness (QED) is 0.395. The molecule has 5 aromatic rings. The van der Waals surface area contributed by atoms with E-state index >= 15 is 0 Å². The summed E-state index contributed by atoms with van der Waals surface area (Å²) < 4.78 is 2.38. The summed E-state index contributed by atoms with van der Waals surface area (Å²) >= 11 is 3.02. The minimum absolute atomic E-state index is 0.107. The van der Waals surface area contributed by atoms with E-state index in [2.05, 4.69) is 21.4 Å². The Morgan fingerprint density at radius 1 is 1.09 bits per heavy atom. The normalized spacial score (nSPS) is 11.3. The number of benzene rings is 2. The van der Waals surface area contributed by atoms with E-state index in [0.29, 0.717) is 15.9 Å². The molecular formula is C24H20N4O2S2. The number of rotatable bonds is 4. The van der Waals surface area contributed by atoms with E-state index in [1.54, 1.807) is 11.3 Å². The Balaban J connectivity index is 1.45. The standard InChI is InChI=1S/C24H20N4O2S2/c1-13-4-6-17(14(2)8-13)18-11-31-23-22(18)24(30)28(12-25-23)10-21(29)27-16-5-7-19-20(9-16)32-15(3)26-19/h4-9,11-12H,10H2,1-3H3,(H,27,29). The second-order valence-electron chi connectivity index (χ2n) is 7.79. The molecule has 3 heterocycles. The summed E-state index contributed by atoms with van der Waals surface area (Å²) in [6.07, 6.45) is 1.45. The van der Waals surface area contributed by atoms with Gasteiger partial charge in [-0.05, 0) is 50.1 Å². The zero-order chi connectivity index (χ0) is 22.4. The van der Waals surface area contributed by atoms with Crippen LogP contribution in [-0.2, 0) is 11.3 Å². The molecule has 0 atom stereocenters. The van der Waals surface area contributed by atoms with Crippen molar-refractivity contribution in [1.82, 2.24) is 14.5 Å². The smallest absolute Gasteiger partial charge is 0.263 e. The summed E-state index contributed by atoms with van der Waals surface area (Å²) in [7, 11) is 0. The van der Waals surface area contributed by atoms with Crippen LogP contribution in [-0.4, -0.2) is 20.4 Å². The Kier molecular flexibility index (Phi) is 5.11. The lowest BCUT2D eigenvalue weighted by atomic mass is 9.99. The summed E-state index contributed by atoms with van der Waals surface area (Å²) in [5.41, 5.74) is 5.52. The zero-order valence-electron chi connectivity index (χ0n) is 17.8. The van der Waals surface area contributed by atoms with E-state index in [-0.39, 0.29) is 18.0 Å². The van der Waals surface area contributed by atoms with Crippen LogP contribution < -0.4 is 10.9 Å². The maximum atomic E-state index is 13.3. The first-order valence-corrected chi connectivity index (χ1v) is 11.8. The van der Waals surface area contributed by atoms with Crippen LogP contribution in [0.4, 0.5) is 5.69 Å². The molecule has 0 aliphatic rings. The Hall–Kier alpha value is -3.36. The van der Waals surface area contributed by atoms with Crippen molar-refractivity contribution in [2.45, 2.75) is 27.3 Å². The number of carbonyl (C=O) groups excluding carboxylic acids is 1. The molecule has 0 saturated carbocycles. The molecule has 1 N–H and O–H groups in total. The molecule has 0 saturated heterocycles. The van der Waals surface area contributed by atoms with E-state index in [9.17, 15) is 9.59 Å². The molecule has 6 nitrogen and oxygen atoms in total. The van der Waals surface area contributed by atoms with Gasteiger partial charge in [0.05, 0.1) is 26.9 Å². The highest BCUT2D eigenvalue weighted by molar-refractivity contribution is 7.18. The van der Waals surface area contributed by atoms with Crippen molar-refractivity contribution in [2.24, 2.45) is 0 Å². The van der Waals surface area contributed by atoms with Gasteiger partial charge in [-0.1, -0.05) is 23.8 Å². The Bertz CT molecular complexity index is 1560. The molecule has 0 spiro atoms. The molecule has 0 aliphatic carbocycles. The Morgan fingerprint density at radius 3 is 2.75 bits per heavy atom. The van der Waals surface area contributed by atoms with Crippen molar-refractivity contribution in [3.63, 3.8) is 0 Å². The first-order valence-electron chi connectivity index (χ1n) is 10.1. The van der Waals surface area contributed by atoms with Crippen molar-refractivity contribution in [3.8, 4) is 11.1 Å². The molecule has 0 bridgehead atoms. The van der Waals surface area contributed by atoms with Crippen molar-refractivity contribution in [2.75, 3.05) is 5.32 Å². The van der Waals surface area contributed by atoms with E-state index < -0.39 is 0 Å². The van der Waals surface area contributed by atoms with Gasteiger partial charge < -0.3 is 5.32 Å². The van der Waals surface area contributed by atoms with Gasteiger partial charge in [-0.25, -0.2) is 9.97 Å². The lowest BCUT2D eigenvalue weighted by Gasteiger charge is -2.09. The topological polar surface area (TPSA) is 76.9 Å². The first-order chi connectivity index (χ1) is 15.4. The monoisotopic (exact) mass is 460 g/mol. The van der Waals surface area contributed by atoms with Crippen molar-refractivity contribution in [3.05, 3.63) is 74.6 Å². The minimum atomic E-state index is -0.280. The second-order valence-corrected chi connectivity index (χ2v) is 9.88. The third-order valence-corrected chi connectivity index (χ3v) is 7.15. The zero-order valence-corrected chi connectivity index (χ0v) is 19.4. The average molecular weight is 461 g/mol. The maximum Gasteiger partial charge on any atom is 0.263 e. The number of fused-ring (bicyclic) bond motifs is 2. The fraction of sp³-hybridized carbons (Fsp3) is 0.167. The molecule has 160 valence electrons. The van der Waals surface area contributed by atoms with Gasteiger partial charge in [0.25, 0.3) is 5.56 Å². The number of nitrogens with zero attached hydrogens (tertiary/aromatic N) is 3. The van der Waals surface area contributed by atoms with Gasteiger partial charge in [-0.15, -0.1) is 22.7 Å². The van der Waals surface area contributed by atoms with E-state index in [1.807, 2.05) is 56.5 Å². The summed E-state index contributed by atoms with van der Waals surface area (Å²) in [6.45, 7) is 5.93. The summed E-state index contributed by atoms with van der Waals surface area (Å²) in [6, 6.07) is 11.8. The van der Waals surface area contributed by atoms with E-state index in [0.717, 1.165) is 31.9 Å². The SMILES string of the molecule is Cc1ccc(-c2csc3ncn(CC(=O)Nc4ccc5nc(C)sc5c4)c(=O)c23)c(C)c1. The van der Waals surface area contributed by atoms with E-state index in [1.165, 1.54) is 27.8 Å². The van der Waals surface area contributed by atoms with Crippen LogP contribution in [0.15, 0.2) is 52.9 Å². The molecule has 32 heavy (non-hydrogen) atoms. The van der Waals surface area contributed by atoms with Crippen LogP contribution >= 0.6 is 22.7 Å². The molecule has 0 radical (unpaired) electrons. The highest BCUT2D eigenvalue weighted by Crippen LogP contribution is 2.33. The number of thiazole rings is 1. The highest BCUT2D eigenvalue weighted by atomic mass is 32.1. The number of nitrogens with one attached hydrogen (secondary N) is 1. The predicted molar refractivity (Wildman–Crippen MR) is 132 cm³/mol. The summed E-state index contributed by atoms with van der Waals surface area (Å²) in [4.78, 5) is 35.5. The summed E-state index contributed by atoms with van der Waals surface area (Å²) in [5, 5.41) is 6.37. The number of hydrogen-bond donors (Lipinski definition) is 1. The lowest BCUT2D eigenvalue weighted by Crippen LogP contribution is -2.27. The number of aryl methyl sites for hydroxylation is 3. The molecule has 0 aliphatic heterocycles. The van der Waals surface area contributed by atoms with E-state index in [4.69, 9.17) is 0 Å². The van der Waals surface area contributed by atoms with Crippen LogP contribution in [0, 0.1) is 20.8 Å².